The van der Waals surface area contributed by atoms with Crippen LogP contribution in [0.3, 0.4) is 0 Å². The summed E-state index contributed by atoms with van der Waals surface area (Å²) in [4.78, 5) is 15.0. The van der Waals surface area contributed by atoms with Gasteiger partial charge in [0.15, 0.2) is 5.69 Å². The molecular formula is C16H17N5O. The number of rotatable bonds is 2. The molecule has 2 aromatic rings. The zero-order valence-electron chi connectivity index (χ0n) is 12.2. The number of piperidine rings is 3. The number of hydrogen-bond acceptors (Lipinski definition) is 4. The van der Waals surface area contributed by atoms with Crippen LogP contribution in [0.2, 0.25) is 0 Å². The summed E-state index contributed by atoms with van der Waals surface area (Å²) >= 11 is 0. The monoisotopic (exact) mass is 295 g/mol. The van der Waals surface area contributed by atoms with Crippen molar-refractivity contribution >= 4 is 16.8 Å². The molecule has 0 radical (unpaired) electrons. The fourth-order valence-electron chi connectivity index (χ4n) is 3.62. The molecule has 3 fully saturated rings. The molecule has 0 unspecified atom stereocenters. The van der Waals surface area contributed by atoms with Gasteiger partial charge in [0.05, 0.1) is 17.1 Å². The van der Waals surface area contributed by atoms with E-state index in [1.807, 2.05) is 0 Å². The Balaban J connectivity index is 1.59. The topological polar surface area (TPSA) is 84.8 Å². The SMILES string of the molecule is N#Cc1ccc2[nH]nc(C(=O)N[C@H]3CN4CCC3CC4)c2c1. The first kappa shape index (κ1) is 13.3. The van der Waals surface area contributed by atoms with E-state index in [0.717, 1.165) is 38.0 Å². The van der Waals surface area contributed by atoms with Gasteiger partial charge in [-0.3, -0.25) is 9.89 Å². The number of benzene rings is 1. The van der Waals surface area contributed by atoms with Gasteiger partial charge in [-0.25, -0.2) is 0 Å². The van der Waals surface area contributed by atoms with Gasteiger partial charge in [-0.05, 0) is 50.0 Å². The van der Waals surface area contributed by atoms with Gasteiger partial charge in [0.2, 0.25) is 0 Å². The van der Waals surface area contributed by atoms with Crippen LogP contribution in [0.1, 0.15) is 28.9 Å². The van der Waals surface area contributed by atoms with Gasteiger partial charge in [-0.2, -0.15) is 10.4 Å². The Labute approximate surface area is 128 Å². The lowest BCUT2D eigenvalue weighted by Crippen LogP contribution is -2.57. The number of hydrogen-bond donors (Lipinski definition) is 2. The standard InChI is InChI=1S/C16H17N5O/c17-8-10-1-2-13-12(7-10)15(20-19-13)16(22)18-14-9-21-5-3-11(14)4-6-21/h1-2,7,11,14H,3-6,9H2,(H,18,22)(H,19,20)/t14-/m0/s1. The molecule has 0 spiro atoms. The predicted molar refractivity (Wildman–Crippen MR) is 81.2 cm³/mol. The van der Waals surface area contributed by atoms with Gasteiger partial charge in [0.1, 0.15) is 0 Å². The molecule has 0 saturated carbocycles. The van der Waals surface area contributed by atoms with Gasteiger partial charge in [0, 0.05) is 18.0 Å². The molecule has 1 aromatic heterocycles. The molecule has 112 valence electrons. The Morgan fingerprint density at radius 3 is 2.91 bits per heavy atom. The van der Waals surface area contributed by atoms with Crippen LogP contribution < -0.4 is 5.32 Å². The summed E-state index contributed by atoms with van der Waals surface area (Å²) < 4.78 is 0. The van der Waals surface area contributed by atoms with Crippen LogP contribution in [-0.4, -0.2) is 46.7 Å². The normalized spacial score (nSPS) is 26.8. The first-order valence-electron chi connectivity index (χ1n) is 7.66. The Bertz CT molecular complexity index is 766. The van der Waals surface area contributed by atoms with E-state index >= 15 is 0 Å². The van der Waals surface area contributed by atoms with E-state index in [-0.39, 0.29) is 11.9 Å². The second-order valence-electron chi connectivity index (χ2n) is 6.16. The number of nitrogens with one attached hydrogen (secondary N) is 2. The summed E-state index contributed by atoms with van der Waals surface area (Å²) in [6.45, 7) is 3.23. The maximum Gasteiger partial charge on any atom is 0.272 e. The van der Waals surface area contributed by atoms with E-state index < -0.39 is 0 Å². The molecule has 3 aliphatic heterocycles. The average Bonchev–Trinajstić information content (AvgIpc) is 2.99. The molecule has 3 saturated heterocycles. The number of aromatic nitrogens is 2. The molecule has 6 nitrogen and oxygen atoms in total. The fraction of sp³-hybridized carbons (Fsp3) is 0.438. The highest BCUT2D eigenvalue weighted by molar-refractivity contribution is 6.05. The molecule has 5 rings (SSSR count). The largest absolute Gasteiger partial charge is 0.346 e. The number of nitriles is 1. The zero-order chi connectivity index (χ0) is 15.1. The first-order chi connectivity index (χ1) is 10.7. The van der Waals surface area contributed by atoms with Crippen LogP contribution in [0.4, 0.5) is 0 Å². The second-order valence-corrected chi connectivity index (χ2v) is 6.16. The summed E-state index contributed by atoms with van der Waals surface area (Å²) in [5.41, 5.74) is 1.69. The van der Waals surface area contributed by atoms with Crippen molar-refractivity contribution in [2.45, 2.75) is 18.9 Å². The van der Waals surface area contributed by atoms with Gasteiger partial charge >= 0.3 is 0 Å². The molecule has 3 aliphatic rings. The summed E-state index contributed by atoms with van der Waals surface area (Å²) in [5.74, 6) is 0.425. The fourth-order valence-corrected chi connectivity index (χ4v) is 3.62. The number of H-pyrrole nitrogens is 1. The Kier molecular flexibility index (Phi) is 3.09. The quantitative estimate of drug-likeness (QED) is 0.873. The maximum absolute atomic E-state index is 12.6. The van der Waals surface area contributed by atoms with E-state index in [4.69, 9.17) is 5.26 Å². The van der Waals surface area contributed by atoms with Crippen molar-refractivity contribution in [1.29, 1.82) is 5.26 Å². The van der Waals surface area contributed by atoms with Crippen molar-refractivity contribution in [2.75, 3.05) is 19.6 Å². The third kappa shape index (κ3) is 2.14. The van der Waals surface area contributed by atoms with Crippen molar-refractivity contribution in [3.8, 4) is 6.07 Å². The number of nitrogens with zero attached hydrogens (tertiary/aromatic N) is 3. The van der Waals surface area contributed by atoms with E-state index in [2.05, 4.69) is 26.5 Å². The van der Waals surface area contributed by atoms with Crippen LogP contribution in [0.5, 0.6) is 0 Å². The number of carbonyl (C=O) groups excluding carboxylic acids is 1. The molecule has 4 heterocycles. The lowest BCUT2D eigenvalue weighted by molar-refractivity contribution is 0.0618. The van der Waals surface area contributed by atoms with Gasteiger partial charge in [-0.1, -0.05) is 0 Å². The van der Waals surface area contributed by atoms with Gasteiger partial charge in [0.25, 0.3) is 5.91 Å². The lowest BCUT2D eigenvalue weighted by atomic mass is 9.84. The van der Waals surface area contributed by atoms with Crippen LogP contribution >= 0.6 is 0 Å². The summed E-state index contributed by atoms with van der Waals surface area (Å²) in [6, 6.07) is 7.52. The number of fused-ring (bicyclic) bond motifs is 4. The van der Waals surface area contributed by atoms with Crippen LogP contribution in [0, 0.1) is 17.2 Å². The van der Waals surface area contributed by atoms with Crippen LogP contribution in [0.15, 0.2) is 18.2 Å². The number of amides is 1. The molecule has 1 aromatic carbocycles. The summed E-state index contributed by atoms with van der Waals surface area (Å²) in [6.07, 6.45) is 2.32. The number of aromatic amines is 1. The molecule has 0 aliphatic carbocycles. The molecule has 2 N–H and O–H groups in total. The third-order valence-electron chi connectivity index (χ3n) is 4.88. The van der Waals surface area contributed by atoms with Crippen LogP contribution in [-0.2, 0) is 0 Å². The minimum absolute atomic E-state index is 0.153. The molecule has 22 heavy (non-hydrogen) atoms. The Morgan fingerprint density at radius 2 is 2.23 bits per heavy atom. The van der Waals surface area contributed by atoms with E-state index in [9.17, 15) is 4.79 Å². The van der Waals surface area contributed by atoms with Crippen molar-refractivity contribution < 1.29 is 4.79 Å². The van der Waals surface area contributed by atoms with E-state index in [0.29, 0.717) is 22.6 Å². The maximum atomic E-state index is 12.6. The number of carbonyl (C=O) groups is 1. The molecule has 1 atom stereocenters. The summed E-state index contributed by atoms with van der Waals surface area (Å²) in [5, 5.41) is 19.9. The van der Waals surface area contributed by atoms with Gasteiger partial charge in [-0.15, -0.1) is 0 Å². The van der Waals surface area contributed by atoms with Crippen molar-refractivity contribution in [3.05, 3.63) is 29.5 Å². The minimum Gasteiger partial charge on any atom is -0.346 e. The highest BCUT2D eigenvalue weighted by Crippen LogP contribution is 2.28. The highest BCUT2D eigenvalue weighted by Gasteiger charge is 2.35. The highest BCUT2D eigenvalue weighted by atomic mass is 16.2. The van der Waals surface area contributed by atoms with Crippen molar-refractivity contribution in [2.24, 2.45) is 5.92 Å². The second kappa shape index (κ2) is 5.11. The Morgan fingerprint density at radius 1 is 1.41 bits per heavy atom. The van der Waals surface area contributed by atoms with Gasteiger partial charge < -0.3 is 10.2 Å². The van der Waals surface area contributed by atoms with E-state index in [1.165, 1.54) is 0 Å². The first-order valence-corrected chi connectivity index (χ1v) is 7.66. The Hall–Kier alpha value is -2.39. The predicted octanol–water partition coefficient (Wildman–Crippen LogP) is 1.26. The summed E-state index contributed by atoms with van der Waals surface area (Å²) in [7, 11) is 0. The molecular weight excluding hydrogens is 278 g/mol. The third-order valence-corrected chi connectivity index (χ3v) is 4.88. The molecule has 2 bridgehead atoms. The van der Waals surface area contributed by atoms with E-state index in [1.54, 1.807) is 18.2 Å². The minimum atomic E-state index is -0.153. The molecule has 6 heteroatoms. The average molecular weight is 295 g/mol. The van der Waals surface area contributed by atoms with Crippen LogP contribution in [0.25, 0.3) is 10.9 Å². The zero-order valence-corrected chi connectivity index (χ0v) is 12.2. The lowest BCUT2D eigenvalue weighted by Gasteiger charge is -2.44. The smallest absolute Gasteiger partial charge is 0.272 e. The van der Waals surface area contributed by atoms with Crippen molar-refractivity contribution in [3.63, 3.8) is 0 Å². The van der Waals surface area contributed by atoms with Crippen molar-refractivity contribution in [1.82, 2.24) is 20.4 Å². The molecule has 1 amide bonds.